The number of amides is 1. The molecule has 0 unspecified atom stereocenters. The lowest BCUT2D eigenvalue weighted by Gasteiger charge is -2.36. The van der Waals surface area contributed by atoms with Crippen LogP contribution in [-0.2, 0) is 4.79 Å². The van der Waals surface area contributed by atoms with E-state index in [0.29, 0.717) is 25.9 Å². The summed E-state index contributed by atoms with van der Waals surface area (Å²) in [5, 5.41) is 9.12. The molecule has 4 nitrogen and oxygen atoms in total. The fourth-order valence-electron chi connectivity index (χ4n) is 2.22. The molecule has 0 bridgehead atoms. The fourth-order valence-corrected chi connectivity index (χ4v) is 2.22. The van der Waals surface area contributed by atoms with Crippen LogP contribution in [0.15, 0.2) is 24.3 Å². The molecule has 0 aliphatic carbocycles. The number of halogens is 1. The van der Waals surface area contributed by atoms with Crippen molar-refractivity contribution in [3.05, 3.63) is 35.6 Å². The summed E-state index contributed by atoms with van der Waals surface area (Å²) in [7, 11) is 0. The molecule has 1 aromatic rings. The molecule has 2 rings (SSSR count). The van der Waals surface area contributed by atoms with Crippen molar-refractivity contribution < 1.29 is 19.1 Å². The van der Waals surface area contributed by atoms with Gasteiger partial charge in [-0.05, 0) is 31.9 Å². The quantitative estimate of drug-likeness (QED) is 0.891. The predicted molar refractivity (Wildman–Crippen MR) is 67.3 cm³/mol. The van der Waals surface area contributed by atoms with E-state index in [-0.39, 0.29) is 11.5 Å². The number of carboxylic acids is 1. The molecule has 1 fully saturated rings. The number of nitrogens with zero attached hydrogens (tertiary/aromatic N) is 1. The van der Waals surface area contributed by atoms with Gasteiger partial charge in [0.15, 0.2) is 0 Å². The van der Waals surface area contributed by atoms with Gasteiger partial charge in [0.2, 0.25) is 0 Å². The molecule has 5 heteroatoms. The van der Waals surface area contributed by atoms with E-state index in [1.165, 1.54) is 23.1 Å². The van der Waals surface area contributed by atoms with Crippen LogP contribution in [0.2, 0.25) is 0 Å². The zero-order valence-electron chi connectivity index (χ0n) is 10.7. The first kappa shape index (κ1) is 13.5. The van der Waals surface area contributed by atoms with Crippen LogP contribution in [0.3, 0.4) is 0 Å². The first-order valence-corrected chi connectivity index (χ1v) is 6.21. The second kappa shape index (κ2) is 4.99. The number of benzene rings is 1. The Morgan fingerprint density at radius 3 is 2.37 bits per heavy atom. The fraction of sp³-hybridized carbons (Fsp3) is 0.429. The number of carbonyl (C=O) groups excluding carboxylic acids is 1. The van der Waals surface area contributed by atoms with E-state index in [9.17, 15) is 14.0 Å². The van der Waals surface area contributed by atoms with E-state index in [1.54, 1.807) is 13.0 Å². The predicted octanol–water partition coefficient (Wildman–Crippen LogP) is 2.15. The van der Waals surface area contributed by atoms with Crippen LogP contribution in [0, 0.1) is 11.2 Å². The van der Waals surface area contributed by atoms with Gasteiger partial charge in [0, 0.05) is 13.1 Å². The Balaban J connectivity index is 2.08. The average molecular weight is 265 g/mol. The molecule has 0 aromatic heterocycles. The lowest BCUT2D eigenvalue weighted by atomic mass is 9.80. The van der Waals surface area contributed by atoms with Gasteiger partial charge in [-0.25, -0.2) is 4.39 Å². The summed E-state index contributed by atoms with van der Waals surface area (Å²) in [4.78, 5) is 24.8. The number of rotatable bonds is 2. The lowest BCUT2D eigenvalue weighted by Crippen LogP contribution is -2.45. The molecular formula is C14H16FNO3. The highest BCUT2D eigenvalue weighted by Gasteiger charge is 2.38. The summed E-state index contributed by atoms with van der Waals surface area (Å²) in [6.45, 7) is 2.37. The molecule has 1 heterocycles. The number of carbonyl (C=O) groups is 2. The highest BCUT2D eigenvalue weighted by molar-refractivity contribution is 5.94. The third kappa shape index (κ3) is 2.59. The molecule has 1 N–H and O–H groups in total. The van der Waals surface area contributed by atoms with Crippen molar-refractivity contribution in [2.24, 2.45) is 5.41 Å². The molecule has 1 aromatic carbocycles. The topological polar surface area (TPSA) is 57.6 Å². The molecule has 0 saturated carbocycles. The van der Waals surface area contributed by atoms with Gasteiger partial charge in [-0.1, -0.05) is 12.1 Å². The summed E-state index contributed by atoms with van der Waals surface area (Å²) >= 11 is 0. The minimum Gasteiger partial charge on any atom is -0.481 e. The molecule has 102 valence electrons. The first-order chi connectivity index (χ1) is 8.94. The van der Waals surface area contributed by atoms with Gasteiger partial charge >= 0.3 is 5.97 Å². The number of aliphatic carboxylic acids is 1. The Labute approximate surface area is 110 Å². The van der Waals surface area contributed by atoms with E-state index in [2.05, 4.69) is 0 Å². The van der Waals surface area contributed by atoms with Crippen LogP contribution in [0.25, 0.3) is 0 Å². The monoisotopic (exact) mass is 265 g/mol. The Morgan fingerprint density at radius 2 is 1.84 bits per heavy atom. The van der Waals surface area contributed by atoms with Crippen LogP contribution < -0.4 is 0 Å². The Bertz CT molecular complexity index is 507. The van der Waals surface area contributed by atoms with Gasteiger partial charge in [-0.2, -0.15) is 0 Å². The lowest BCUT2D eigenvalue weighted by molar-refractivity contribution is -0.150. The summed E-state index contributed by atoms with van der Waals surface area (Å²) < 4.78 is 13.5. The maximum atomic E-state index is 13.5. The summed E-state index contributed by atoms with van der Waals surface area (Å²) in [6.07, 6.45) is 0.783. The van der Waals surface area contributed by atoms with Gasteiger partial charge in [0.25, 0.3) is 5.91 Å². The molecule has 1 aliphatic heterocycles. The Hall–Kier alpha value is -1.91. The highest BCUT2D eigenvalue weighted by Crippen LogP contribution is 2.31. The normalized spacial score (nSPS) is 18.1. The number of hydrogen-bond donors (Lipinski definition) is 1. The molecule has 1 amide bonds. The van der Waals surface area contributed by atoms with Gasteiger partial charge < -0.3 is 10.0 Å². The zero-order valence-corrected chi connectivity index (χ0v) is 10.7. The molecule has 19 heavy (non-hydrogen) atoms. The second-order valence-electron chi connectivity index (χ2n) is 5.14. The van der Waals surface area contributed by atoms with Crippen LogP contribution >= 0.6 is 0 Å². The standard InChI is InChI=1S/C14H16FNO3/c1-14(13(18)19)6-8-16(9-7-14)12(17)10-4-2-3-5-11(10)15/h2-5H,6-9H2,1H3,(H,18,19). The van der Waals surface area contributed by atoms with Crippen molar-refractivity contribution >= 4 is 11.9 Å². The van der Waals surface area contributed by atoms with Crippen molar-refractivity contribution in [2.75, 3.05) is 13.1 Å². The minimum atomic E-state index is -0.842. The smallest absolute Gasteiger partial charge is 0.309 e. The first-order valence-electron chi connectivity index (χ1n) is 6.21. The van der Waals surface area contributed by atoms with Gasteiger partial charge in [0.05, 0.1) is 11.0 Å². The van der Waals surface area contributed by atoms with Crippen molar-refractivity contribution in [3.8, 4) is 0 Å². The Morgan fingerprint density at radius 1 is 1.26 bits per heavy atom. The van der Waals surface area contributed by atoms with Crippen molar-refractivity contribution in [3.63, 3.8) is 0 Å². The van der Waals surface area contributed by atoms with Gasteiger partial charge in [-0.15, -0.1) is 0 Å². The van der Waals surface area contributed by atoms with Crippen molar-refractivity contribution in [2.45, 2.75) is 19.8 Å². The summed E-state index contributed by atoms with van der Waals surface area (Å²) in [5.41, 5.74) is -0.743. The highest BCUT2D eigenvalue weighted by atomic mass is 19.1. The maximum absolute atomic E-state index is 13.5. The summed E-state index contributed by atoms with van der Waals surface area (Å²) in [5.74, 6) is -1.75. The number of piperidine rings is 1. The van der Waals surface area contributed by atoms with Crippen molar-refractivity contribution in [1.82, 2.24) is 4.90 Å². The van der Waals surface area contributed by atoms with Crippen molar-refractivity contribution in [1.29, 1.82) is 0 Å². The molecule has 0 spiro atoms. The van der Waals surface area contributed by atoms with Gasteiger partial charge in [0.1, 0.15) is 5.82 Å². The van der Waals surface area contributed by atoms with Crippen LogP contribution in [0.4, 0.5) is 4.39 Å². The largest absolute Gasteiger partial charge is 0.481 e. The van der Waals surface area contributed by atoms with Crippen LogP contribution in [0.5, 0.6) is 0 Å². The third-order valence-electron chi connectivity index (χ3n) is 3.77. The number of hydrogen-bond acceptors (Lipinski definition) is 2. The molecule has 1 aliphatic rings. The van der Waals surface area contributed by atoms with E-state index in [0.717, 1.165) is 0 Å². The van der Waals surface area contributed by atoms with E-state index in [1.807, 2.05) is 0 Å². The van der Waals surface area contributed by atoms with Crippen LogP contribution in [-0.4, -0.2) is 35.0 Å². The maximum Gasteiger partial charge on any atom is 0.309 e. The number of likely N-dealkylation sites (tertiary alicyclic amines) is 1. The Kier molecular flexibility index (Phi) is 3.55. The third-order valence-corrected chi connectivity index (χ3v) is 3.77. The summed E-state index contributed by atoms with van der Waals surface area (Å²) in [6, 6.07) is 5.84. The average Bonchev–Trinajstić information content (AvgIpc) is 2.39. The molecule has 0 atom stereocenters. The van der Waals surface area contributed by atoms with E-state index in [4.69, 9.17) is 5.11 Å². The van der Waals surface area contributed by atoms with E-state index >= 15 is 0 Å². The van der Waals surface area contributed by atoms with Crippen LogP contribution in [0.1, 0.15) is 30.1 Å². The second-order valence-corrected chi connectivity index (χ2v) is 5.14. The molecular weight excluding hydrogens is 249 g/mol. The molecule has 1 saturated heterocycles. The zero-order chi connectivity index (χ0) is 14.0. The number of carboxylic acid groups (broad SMARTS) is 1. The molecule has 0 radical (unpaired) electrons. The van der Waals surface area contributed by atoms with Gasteiger partial charge in [-0.3, -0.25) is 9.59 Å². The van der Waals surface area contributed by atoms with E-state index < -0.39 is 17.2 Å². The SMILES string of the molecule is CC1(C(=O)O)CCN(C(=O)c2ccccc2F)CC1. The minimum absolute atomic E-state index is 0.0430.